The molecule has 5 heteroatoms. The maximum Gasteiger partial charge on any atom is 0.305 e. The number of hydrogen-bond acceptors (Lipinski definition) is 4. The quantitative estimate of drug-likeness (QED) is 0.748. The topological polar surface area (TPSA) is 72.6 Å². The largest absolute Gasteiger partial charge is 0.469 e. The minimum absolute atomic E-state index is 0.00174. The Bertz CT molecular complexity index is 357. The molecule has 2 saturated carbocycles. The lowest BCUT2D eigenvalue weighted by molar-refractivity contribution is -0.142. The van der Waals surface area contributed by atoms with E-state index in [0.717, 1.165) is 12.8 Å². The number of carbonyl (C=O) groups is 2. The van der Waals surface area contributed by atoms with E-state index in [1.54, 1.807) is 11.9 Å². The van der Waals surface area contributed by atoms with E-state index >= 15 is 0 Å². The van der Waals surface area contributed by atoms with Gasteiger partial charge in [0.25, 0.3) is 0 Å². The summed E-state index contributed by atoms with van der Waals surface area (Å²) in [5.74, 6) is 0.960. The molecule has 0 aliphatic heterocycles. The smallest absolute Gasteiger partial charge is 0.305 e. The van der Waals surface area contributed by atoms with Gasteiger partial charge in [-0.25, -0.2) is 0 Å². The van der Waals surface area contributed by atoms with Crippen LogP contribution in [0.4, 0.5) is 0 Å². The van der Waals surface area contributed by atoms with Crippen LogP contribution in [0.15, 0.2) is 0 Å². The molecule has 0 aromatic rings. The standard InChI is InChI=1S/C14H24N2O3/c1-16(7-3-4-11(17)19-2)14(18)12-9-5-6-10(8-9)13(12)15/h9-10,12-13H,3-8,15H2,1-2H3. The molecule has 4 unspecified atom stereocenters. The summed E-state index contributed by atoms with van der Waals surface area (Å²) in [6, 6.07) is 0.0364. The van der Waals surface area contributed by atoms with E-state index in [4.69, 9.17) is 5.73 Å². The zero-order chi connectivity index (χ0) is 14.0. The molecule has 0 saturated heterocycles. The number of rotatable bonds is 5. The van der Waals surface area contributed by atoms with E-state index in [9.17, 15) is 9.59 Å². The molecule has 2 fully saturated rings. The van der Waals surface area contributed by atoms with Gasteiger partial charge in [0.15, 0.2) is 0 Å². The summed E-state index contributed by atoms with van der Waals surface area (Å²) in [6.45, 7) is 0.592. The first kappa shape index (κ1) is 14.3. The van der Waals surface area contributed by atoms with Crippen LogP contribution in [0, 0.1) is 17.8 Å². The van der Waals surface area contributed by atoms with Gasteiger partial charge in [-0.1, -0.05) is 0 Å². The molecular weight excluding hydrogens is 244 g/mol. The first-order valence-electron chi connectivity index (χ1n) is 7.12. The van der Waals surface area contributed by atoms with E-state index in [1.165, 1.54) is 13.5 Å². The van der Waals surface area contributed by atoms with Gasteiger partial charge in [0, 0.05) is 26.1 Å². The van der Waals surface area contributed by atoms with Gasteiger partial charge in [0.2, 0.25) is 5.91 Å². The minimum atomic E-state index is -0.225. The van der Waals surface area contributed by atoms with Gasteiger partial charge < -0.3 is 15.4 Å². The third-order valence-electron chi connectivity index (χ3n) is 4.74. The Balaban J connectivity index is 1.81. The Labute approximate surface area is 114 Å². The zero-order valence-corrected chi connectivity index (χ0v) is 11.8. The summed E-state index contributed by atoms with van der Waals surface area (Å²) < 4.78 is 4.59. The molecule has 19 heavy (non-hydrogen) atoms. The summed E-state index contributed by atoms with van der Waals surface area (Å²) in [5.41, 5.74) is 6.18. The molecule has 4 atom stereocenters. The molecule has 2 aliphatic rings. The van der Waals surface area contributed by atoms with Crippen LogP contribution in [0.2, 0.25) is 0 Å². The van der Waals surface area contributed by atoms with Crippen molar-refractivity contribution in [2.24, 2.45) is 23.5 Å². The number of methoxy groups -OCH3 is 1. The second-order valence-electron chi connectivity index (χ2n) is 5.88. The Morgan fingerprint density at radius 2 is 2.00 bits per heavy atom. The molecule has 0 radical (unpaired) electrons. The minimum Gasteiger partial charge on any atom is -0.469 e. The van der Waals surface area contributed by atoms with E-state index in [1.807, 2.05) is 0 Å². The highest BCUT2D eigenvalue weighted by Gasteiger charge is 2.49. The molecule has 1 amide bonds. The highest BCUT2D eigenvalue weighted by Crippen LogP contribution is 2.48. The van der Waals surface area contributed by atoms with Crippen LogP contribution in [0.3, 0.4) is 0 Å². The molecule has 0 heterocycles. The lowest BCUT2D eigenvalue weighted by atomic mass is 9.84. The number of carbonyl (C=O) groups excluding carboxylic acids is 2. The number of ether oxygens (including phenoxy) is 1. The second-order valence-corrected chi connectivity index (χ2v) is 5.88. The van der Waals surface area contributed by atoms with Gasteiger partial charge in [0.05, 0.1) is 13.0 Å². The summed E-state index contributed by atoms with van der Waals surface area (Å²) in [6.07, 6.45) is 4.45. The normalized spacial score (nSPS) is 32.4. The van der Waals surface area contributed by atoms with E-state index in [2.05, 4.69) is 4.74 Å². The van der Waals surface area contributed by atoms with Crippen molar-refractivity contribution < 1.29 is 14.3 Å². The van der Waals surface area contributed by atoms with Gasteiger partial charge >= 0.3 is 5.97 Å². The lowest BCUT2D eigenvalue weighted by Crippen LogP contribution is -2.46. The number of fused-ring (bicyclic) bond motifs is 2. The van der Waals surface area contributed by atoms with Crippen LogP contribution in [-0.4, -0.2) is 43.5 Å². The van der Waals surface area contributed by atoms with Crippen LogP contribution >= 0.6 is 0 Å². The molecule has 2 aliphatic carbocycles. The van der Waals surface area contributed by atoms with Gasteiger partial charge in [-0.05, 0) is 37.5 Å². The Hall–Kier alpha value is -1.10. The number of amides is 1. The highest BCUT2D eigenvalue weighted by atomic mass is 16.5. The van der Waals surface area contributed by atoms with Crippen LogP contribution in [0.1, 0.15) is 32.1 Å². The van der Waals surface area contributed by atoms with Crippen LogP contribution < -0.4 is 5.73 Å². The van der Waals surface area contributed by atoms with Gasteiger partial charge in [0.1, 0.15) is 0 Å². The molecule has 2 rings (SSSR count). The van der Waals surface area contributed by atoms with Crippen molar-refractivity contribution in [2.45, 2.75) is 38.1 Å². The SMILES string of the molecule is COC(=O)CCCN(C)C(=O)C1C2CCC(C2)C1N. The highest BCUT2D eigenvalue weighted by molar-refractivity contribution is 5.80. The van der Waals surface area contributed by atoms with Crippen molar-refractivity contribution in [1.29, 1.82) is 0 Å². The first-order valence-corrected chi connectivity index (χ1v) is 7.12. The molecule has 108 valence electrons. The predicted molar refractivity (Wildman–Crippen MR) is 71.2 cm³/mol. The van der Waals surface area contributed by atoms with Crippen LogP contribution in [0.25, 0.3) is 0 Å². The maximum atomic E-state index is 12.4. The Kier molecular flexibility index (Phi) is 4.45. The molecule has 5 nitrogen and oxygen atoms in total. The molecule has 0 aromatic heterocycles. The summed E-state index contributed by atoms with van der Waals surface area (Å²) in [4.78, 5) is 25.2. The van der Waals surface area contributed by atoms with Crippen LogP contribution in [-0.2, 0) is 14.3 Å². The van der Waals surface area contributed by atoms with Crippen molar-refractivity contribution in [3.05, 3.63) is 0 Å². The Morgan fingerprint density at radius 1 is 1.32 bits per heavy atom. The predicted octanol–water partition coefficient (Wildman–Crippen LogP) is 0.771. The summed E-state index contributed by atoms with van der Waals surface area (Å²) >= 11 is 0. The van der Waals surface area contributed by atoms with Crippen molar-refractivity contribution in [3.8, 4) is 0 Å². The molecule has 2 bridgehead atoms. The molecule has 0 spiro atoms. The Morgan fingerprint density at radius 3 is 2.58 bits per heavy atom. The molecule has 0 aromatic carbocycles. The number of esters is 1. The van der Waals surface area contributed by atoms with Crippen molar-refractivity contribution in [3.63, 3.8) is 0 Å². The van der Waals surface area contributed by atoms with Crippen molar-refractivity contribution >= 4 is 11.9 Å². The zero-order valence-electron chi connectivity index (χ0n) is 11.8. The van der Waals surface area contributed by atoms with Gasteiger partial charge in [-0.15, -0.1) is 0 Å². The number of nitrogens with two attached hydrogens (primary N) is 1. The van der Waals surface area contributed by atoms with E-state index in [-0.39, 0.29) is 23.8 Å². The van der Waals surface area contributed by atoms with E-state index < -0.39 is 0 Å². The maximum absolute atomic E-state index is 12.4. The van der Waals surface area contributed by atoms with Gasteiger partial charge in [-0.2, -0.15) is 0 Å². The monoisotopic (exact) mass is 268 g/mol. The lowest BCUT2D eigenvalue weighted by Gasteiger charge is -2.30. The fourth-order valence-corrected chi connectivity index (χ4v) is 3.63. The summed E-state index contributed by atoms with van der Waals surface area (Å²) in [5, 5.41) is 0. The van der Waals surface area contributed by atoms with E-state index in [0.29, 0.717) is 31.2 Å². The number of hydrogen-bond donors (Lipinski definition) is 1. The first-order chi connectivity index (χ1) is 9.04. The van der Waals surface area contributed by atoms with Crippen molar-refractivity contribution in [1.82, 2.24) is 4.90 Å². The average Bonchev–Trinajstić information content (AvgIpc) is 2.98. The fourth-order valence-electron chi connectivity index (χ4n) is 3.63. The number of nitrogens with zero attached hydrogens (tertiary/aromatic N) is 1. The summed E-state index contributed by atoms with van der Waals surface area (Å²) in [7, 11) is 3.18. The molecule has 2 N–H and O–H groups in total. The van der Waals surface area contributed by atoms with Crippen molar-refractivity contribution in [2.75, 3.05) is 20.7 Å². The van der Waals surface area contributed by atoms with Gasteiger partial charge in [-0.3, -0.25) is 9.59 Å². The second kappa shape index (κ2) is 5.90. The van der Waals surface area contributed by atoms with Crippen LogP contribution in [0.5, 0.6) is 0 Å². The third kappa shape index (κ3) is 2.91. The molecular formula is C14H24N2O3. The average molecular weight is 268 g/mol. The fraction of sp³-hybridized carbons (Fsp3) is 0.857. The third-order valence-corrected chi connectivity index (χ3v) is 4.74.